The van der Waals surface area contributed by atoms with Gasteiger partial charge in [-0.15, -0.1) is 0 Å². The number of anilines is 1. The number of imidazole rings is 1. The molecule has 34 heavy (non-hydrogen) atoms. The number of aryl methyl sites for hydroxylation is 1. The van der Waals surface area contributed by atoms with Gasteiger partial charge in [0, 0.05) is 13.1 Å². The molecule has 0 saturated carbocycles. The second-order valence-electron chi connectivity index (χ2n) is 7.89. The van der Waals surface area contributed by atoms with E-state index < -0.39 is 11.6 Å². The number of nitrogens with two attached hydrogens (primary N) is 1. The second-order valence-corrected chi connectivity index (χ2v) is 8.71. The lowest BCUT2D eigenvalue weighted by atomic mass is 10.2. The summed E-state index contributed by atoms with van der Waals surface area (Å²) in [7, 11) is 0. The van der Waals surface area contributed by atoms with E-state index in [1.165, 1.54) is 6.07 Å². The number of halogens is 4. The van der Waals surface area contributed by atoms with Crippen LogP contribution in [0.15, 0.2) is 42.6 Å². The number of hydrogen-bond donors (Lipinski definition) is 2. The van der Waals surface area contributed by atoms with Crippen LogP contribution in [0.1, 0.15) is 31.2 Å². The van der Waals surface area contributed by atoms with Crippen molar-refractivity contribution in [3.8, 4) is 11.4 Å². The fraction of sp³-hybridized carbons (Fsp3) is 0.292. The fourth-order valence-corrected chi connectivity index (χ4v) is 4.28. The predicted molar refractivity (Wildman–Crippen MR) is 132 cm³/mol. The molecule has 10 heteroatoms. The van der Waals surface area contributed by atoms with Crippen molar-refractivity contribution in [3.63, 3.8) is 0 Å². The average Bonchev–Trinajstić information content (AvgIpc) is 3.17. The van der Waals surface area contributed by atoms with E-state index in [-0.39, 0.29) is 6.54 Å². The number of fused-ring (bicyclic) bond motifs is 1. The molecule has 0 radical (unpaired) electrons. The Morgan fingerprint density at radius 2 is 1.71 bits per heavy atom. The zero-order valence-corrected chi connectivity index (χ0v) is 19.9. The molecule has 0 atom stereocenters. The van der Waals surface area contributed by atoms with E-state index in [1.807, 2.05) is 4.57 Å². The van der Waals surface area contributed by atoms with Gasteiger partial charge in [0.05, 0.1) is 21.8 Å². The molecule has 0 amide bonds. The molecule has 4 aromatic rings. The van der Waals surface area contributed by atoms with Gasteiger partial charge in [0.15, 0.2) is 17.3 Å². The van der Waals surface area contributed by atoms with Gasteiger partial charge in [-0.1, -0.05) is 48.2 Å². The van der Waals surface area contributed by atoms with Crippen molar-refractivity contribution in [1.29, 1.82) is 0 Å². The number of nitrogens with one attached hydrogen (secondary N) is 1. The van der Waals surface area contributed by atoms with Crippen LogP contribution in [0.5, 0.6) is 0 Å². The molecule has 0 saturated heterocycles. The lowest BCUT2D eigenvalue weighted by Crippen LogP contribution is -2.07. The summed E-state index contributed by atoms with van der Waals surface area (Å²) in [5, 5.41) is 4.06. The minimum atomic E-state index is -0.898. The summed E-state index contributed by atoms with van der Waals surface area (Å²) in [5.74, 6) is -0.818. The Labute approximate surface area is 206 Å². The highest BCUT2D eigenvalue weighted by Gasteiger charge is 2.19. The third kappa shape index (κ3) is 5.46. The Hall–Kier alpha value is -2.81. The minimum absolute atomic E-state index is 0.235. The highest BCUT2D eigenvalue weighted by atomic mass is 35.5. The predicted octanol–water partition coefficient (Wildman–Crippen LogP) is 6.21. The first-order valence-corrected chi connectivity index (χ1v) is 11.8. The quantitative estimate of drug-likeness (QED) is 0.251. The highest BCUT2D eigenvalue weighted by molar-refractivity contribution is 6.39. The van der Waals surface area contributed by atoms with Gasteiger partial charge in [-0.05, 0) is 49.2 Å². The summed E-state index contributed by atoms with van der Waals surface area (Å²) in [5.41, 5.74) is 8.05. The van der Waals surface area contributed by atoms with Crippen LogP contribution in [0.4, 0.5) is 14.7 Å². The summed E-state index contributed by atoms with van der Waals surface area (Å²) in [6, 6.07) is 9.07. The van der Waals surface area contributed by atoms with Gasteiger partial charge in [-0.3, -0.25) is 0 Å². The zero-order valence-electron chi connectivity index (χ0n) is 18.4. The number of nitrogens with zero attached hydrogens (tertiary/aromatic N) is 4. The third-order valence-corrected chi connectivity index (χ3v) is 6.07. The number of unbranched alkanes of at least 4 members (excludes halogenated alkanes) is 3. The van der Waals surface area contributed by atoms with Crippen LogP contribution in [-0.4, -0.2) is 26.1 Å². The Morgan fingerprint density at radius 1 is 0.941 bits per heavy atom. The lowest BCUT2D eigenvalue weighted by molar-refractivity contribution is 0.507. The first kappa shape index (κ1) is 24.3. The van der Waals surface area contributed by atoms with Gasteiger partial charge >= 0.3 is 0 Å². The third-order valence-electron chi connectivity index (χ3n) is 5.44. The second kappa shape index (κ2) is 11.1. The van der Waals surface area contributed by atoms with Crippen LogP contribution in [0, 0.1) is 11.6 Å². The van der Waals surface area contributed by atoms with Crippen molar-refractivity contribution in [2.24, 2.45) is 5.73 Å². The topological polar surface area (TPSA) is 81.7 Å². The van der Waals surface area contributed by atoms with E-state index in [0.717, 1.165) is 37.8 Å². The van der Waals surface area contributed by atoms with Gasteiger partial charge in [-0.2, -0.15) is 4.98 Å². The molecule has 0 aliphatic heterocycles. The molecule has 3 N–H and O–H groups in total. The highest BCUT2D eigenvalue weighted by Crippen LogP contribution is 2.35. The van der Waals surface area contributed by atoms with Crippen molar-refractivity contribution < 1.29 is 8.78 Å². The normalized spacial score (nSPS) is 11.3. The number of benzene rings is 2. The summed E-state index contributed by atoms with van der Waals surface area (Å²) < 4.78 is 28.7. The van der Waals surface area contributed by atoms with Crippen LogP contribution in [0.25, 0.3) is 22.6 Å². The van der Waals surface area contributed by atoms with Crippen molar-refractivity contribution >= 4 is 40.3 Å². The van der Waals surface area contributed by atoms with Crippen LogP contribution in [-0.2, 0) is 13.1 Å². The van der Waals surface area contributed by atoms with Crippen molar-refractivity contribution in [2.45, 2.75) is 38.8 Å². The minimum Gasteiger partial charge on any atom is -0.350 e. The standard InChI is InChI=1S/C24H24Cl2F2N6/c25-16-6-5-7-17(26)21(16)23-32-20-14-31-24(30-13-15-8-9-18(27)19(28)12-15)33-22(20)34(23)11-4-2-1-3-10-29/h5-9,12,14H,1-4,10-11,13,29H2,(H,30,31,33). The maximum absolute atomic E-state index is 13.5. The van der Waals surface area contributed by atoms with Gasteiger partial charge < -0.3 is 15.6 Å². The number of aromatic nitrogens is 4. The molecule has 0 fully saturated rings. The van der Waals surface area contributed by atoms with Gasteiger partial charge in [0.1, 0.15) is 11.3 Å². The molecule has 6 nitrogen and oxygen atoms in total. The van der Waals surface area contributed by atoms with E-state index in [9.17, 15) is 8.78 Å². The average molecular weight is 505 g/mol. The van der Waals surface area contributed by atoms with E-state index in [1.54, 1.807) is 24.4 Å². The monoisotopic (exact) mass is 504 g/mol. The first-order valence-electron chi connectivity index (χ1n) is 11.0. The van der Waals surface area contributed by atoms with Crippen molar-refractivity contribution in [3.05, 3.63) is 69.8 Å². The lowest BCUT2D eigenvalue weighted by Gasteiger charge is -2.12. The maximum Gasteiger partial charge on any atom is 0.225 e. The molecule has 0 unspecified atom stereocenters. The maximum atomic E-state index is 13.5. The van der Waals surface area contributed by atoms with E-state index in [4.69, 9.17) is 33.9 Å². The molecule has 0 bridgehead atoms. The summed E-state index contributed by atoms with van der Waals surface area (Å²) in [4.78, 5) is 13.7. The van der Waals surface area contributed by atoms with E-state index in [2.05, 4.69) is 15.3 Å². The van der Waals surface area contributed by atoms with Crippen LogP contribution < -0.4 is 11.1 Å². The van der Waals surface area contributed by atoms with Gasteiger partial charge in [0.2, 0.25) is 5.95 Å². The molecule has 0 aliphatic carbocycles. The molecule has 4 rings (SSSR count). The Balaban J connectivity index is 1.66. The largest absolute Gasteiger partial charge is 0.350 e. The fourth-order valence-electron chi connectivity index (χ4n) is 3.72. The number of hydrogen-bond acceptors (Lipinski definition) is 5. The molecule has 0 aliphatic rings. The summed E-state index contributed by atoms with van der Waals surface area (Å²) in [6.45, 7) is 1.57. The Bertz CT molecular complexity index is 1270. The van der Waals surface area contributed by atoms with Crippen LogP contribution in [0.3, 0.4) is 0 Å². The van der Waals surface area contributed by atoms with Crippen LogP contribution in [0.2, 0.25) is 10.0 Å². The first-order chi connectivity index (χ1) is 16.5. The molecule has 2 heterocycles. The van der Waals surface area contributed by atoms with Crippen molar-refractivity contribution in [1.82, 2.24) is 19.5 Å². The molecule has 178 valence electrons. The van der Waals surface area contributed by atoms with Crippen molar-refractivity contribution in [2.75, 3.05) is 11.9 Å². The number of rotatable bonds is 10. The molecule has 2 aromatic heterocycles. The van der Waals surface area contributed by atoms with E-state index >= 15 is 0 Å². The smallest absolute Gasteiger partial charge is 0.225 e. The van der Waals surface area contributed by atoms with Gasteiger partial charge in [0.25, 0.3) is 0 Å². The Kier molecular flexibility index (Phi) is 7.92. The van der Waals surface area contributed by atoms with Crippen LogP contribution >= 0.6 is 23.2 Å². The molecule has 2 aromatic carbocycles. The van der Waals surface area contributed by atoms with Gasteiger partial charge in [-0.25, -0.2) is 18.7 Å². The zero-order chi connectivity index (χ0) is 24.1. The summed E-state index contributed by atoms with van der Waals surface area (Å²) in [6.07, 6.45) is 5.56. The molecular weight excluding hydrogens is 481 g/mol. The summed E-state index contributed by atoms with van der Waals surface area (Å²) >= 11 is 13.0. The molecule has 0 spiro atoms. The molecular formula is C24H24Cl2F2N6. The Morgan fingerprint density at radius 3 is 2.44 bits per heavy atom. The SMILES string of the molecule is NCCCCCCn1c(-c2c(Cl)cccc2Cl)nc2cnc(NCc3ccc(F)c(F)c3)nc21. The van der Waals surface area contributed by atoms with E-state index in [0.29, 0.717) is 57.2 Å².